The molecular formula is C17H19FN4O. The fourth-order valence-corrected chi connectivity index (χ4v) is 3.06. The summed E-state index contributed by atoms with van der Waals surface area (Å²) in [5.41, 5.74) is 1.94. The van der Waals surface area contributed by atoms with E-state index in [2.05, 4.69) is 15.5 Å². The number of nitrogens with zero attached hydrogens (tertiary/aromatic N) is 2. The van der Waals surface area contributed by atoms with Crippen molar-refractivity contribution in [3.05, 3.63) is 41.3 Å². The van der Waals surface area contributed by atoms with E-state index in [1.54, 1.807) is 12.1 Å². The van der Waals surface area contributed by atoms with Gasteiger partial charge in [-0.2, -0.15) is 5.10 Å². The molecule has 0 atom stereocenters. The maximum Gasteiger partial charge on any atom is 0.256 e. The van der Waals surface area contributed by atoms with Gasteiger partial charge in [0.2, 0.25) is 0 Å². The van der Waals surface area contributed by atoms with Crippen LogP contribution in [0.15, 0.2) is 24.3 Å². The molecule has 2 N–H and O–H groups in total. The molecule has 1 aromatic carbocycles. The number of nitrogens with one attached hydrogen (secondary N) is 2. The van der Waals surface area contributed by atoms with Crippen molar-refractivity contribution in [2.24, 2.45) is 0 Å². The van der Waals surface area contributed by atoms with E-state index in [4.69, 9.17) is 0 Å². The molecule has 4 rings (SSSR count). The zero-order chi connectivity index (χ0) is 15.8. The van der Waals surface area contributed by atoms with Crippen molar-refractivity contribution in [2.45, 2.75) is 31.6 Å². The summed E-state index contributed by atoms with van der Waals surface area (Å²) in [5.74, 6) is 0.345. The maximum atomic E-state index is 14.3. The van der Waals surface area contributed by atoms with Gasteiger partial charge in [0.1, 0.15) is 5.82 Å². The number of H-pyrrole nitrogens is 1. The van der Waals surface area contributed by atoms with Gasteiger partial charge in [-0.1, -0.05) is 0 Å². The molecule has 0 bridgehead atoms. The van der Waals surface area contributed by atoms with E-state index in [-0.39, 0.29) is 11.7 Å². The second-order valence-electron chi connectivity index (χ2n) is 6.30. The summed E-state index contributed by atoms with van der Waals surface area (Å²) in [4.78, 5) is 14.3. The minimum atomic E-state index is -0.347. The predicted octanol–water partition coefficient (Wildman–Crippen LogP) is 3.28. The lowest BCUT2D eigenvalue weighted by Crippen LogP contribution is -2.19. The Morgan fingerprint density at radius 1 is 1.26 bits per heavy atom. The van der Waals surface area contributed by atoms with Crippen molar-refractivity contribution in [1.29, 1.82) is 0 Å². The fourth-order valence-electron chi connectivity index (χ4n) is 3.06. The number of anilines is 2. The SMILES string of the molecule is O=C(Nc1cc(C2CC2)[nH]n1)c1ccc(N2CCCC2)c(F)c1. The van der Waals surface area contributed by atoms with Crippen LogP contribution in [0.25, 0.3) is 0 Å². The average Bonchev–Trinajstić information content (AvgIpc) is 3.06. The maximum absolute atomic E-state index is 14.3. The first kappa shape index (κ1) is 14.2. The van der Waals surface area contributed by atoms with E-state index < -0.39 is 0 Å². The first-order chi connectivity index (χ1) is 11.2. The lowest BCUT2D eigenvalue weighted by molar-refractivity contribution is 0.102. The van der Waals surface area contributed by atoms with Gasteiger partial charge in [-0.15, -0.1) is 0 Å². The van der Waals surface area contributed by atoms with Gasteiger partial charge in [0.15, 0.2) is 5.82 Å². The topological polar surface area (TPSA) is 61.0 Å². The molecule has 2 fully saturated rings. The molecule has 6 heteroatoms. The fraction of sp³-hybridized carbons (Fsp3) is 0.412. The molecular weight excluding hydrogens is 295 g/mol. The first-order valence-corrected chi connectivity index (χ1v) is 8.12. The van der Waals surface area contributed by atoms with Crippen LogP contribution >= 0.6 is 0 Å². The standard InChI is InChI=1S/C17H19FN4O/c18-13-9-12(5-6-15(13)22-7-1-2-8-22)17(23)19-16-10-14(20-21-16)11-3-4-11/h5-6,9-11H,1-4,7-8H2,(H2,19,20,21,23). The smallest absolute Gasteiger partial charge is 0.256 e. The number of carbonyl (C=O) groups excluding carboxylic acids is 1. The van der Waals surface area contributed by atoms with Crippen molar-refractivity contribution >= 4 is 17.4 Å². The normalized spacial score (nSPS) is 17.5. The molecule has 2 aliphatic rings. The number of hydrogen-bond acceptors (Lipinski definition) is 3. The third-order valence-electron chi connectivity index (χ3n) is 4.51. The Morgan fingerprint density at radius 2 is 2.04 bits per heavy atom. The van der Waals surface area contributed by atoms with E-state index in [1.807, 2.05) is 11.0 Å². The third kappa shape index (κ3) is 2.93. The van der Waals surface area contributed by atoms with Crippen LogP contribution in [-0.2, 0) is 0 Å². The number of rotatable bonds is 4. The molecule has 1 aliphatic carbocycles. The van der Waals surface area contributed by atoms with E-state index >= 15 is 0 Å². The average molecular weight is 314 g/mol. The number of aromatic amines is 1. The van der Waals surface area contributed by atoms with Gasteiger partial charge in [0.05, 0.1) is 5.69 Å². The van der Waals surface area contributed by atoms with Crippen LogP contribution in [0, 0.1) is 5.82 Å². The van der Waals surface area contributed by atoms with Gasteiger partial charge in [-0.05, 0) is 43.9 Å². The van der Waals surface area contributed by atoms with Crippen molar-refractivity contribution in [3.63, 3.8) is 0 Å². The molecule has 2 heterocycles. The van der Waals surface area contributed by atoms with Gasteiger partial charge in [-0.3, -0.25) is 9.89 Å². The first-order valence-electron chi connectivity index (χ1n) is 8.12. The van der Waals surface area contributed by atoms with Gasteiger partial charge < -0.3 is 10.2 Å². The zero-order valence-electron chi connectivity index (χ0n) is 12.8. The van der Waals surface area contributed by atoms with E-state index in [0.29, 0.717) is 23.0 Å². The molecule has 0 unspecified atom stereocenters. The highest BCUT2D eigenvalue weighted by Gasteiger charge is 2.26. The minimum absolute atomic E-state index is 0.307. The Hall–Kier alpha value is -2.37. The molecule has 1 amide bonds. The second kappa shape index (κ2) is 5.68. The molecule has 1 saturated heterocycles. The van der Waals surface area contributed by atoms with Gasteiger partial charge in [-0.25, -0.2) is 4.39 Å². The summed E-state index contributed by atoms with van der Waals surface area (Å²) in [6.07, 6.45) is 4.51. The third-order valence-corrected chi connectivity index (χ3v) is 4.51. The number of benzene rings is 1. The van der Waals surface area contributed by atoms with Crippen molar-refractivity contribution < 1.29 is 9.18 Å². The molecule has 5 nitrogen and oxygen atoms in total. The molecule has 23 heavy (non-hydrogen) atoms. The molecule has 0 radical (unpaired) electrons. The predicted molar refractivity (Wildman–Crippen MR) is 86.4 cm³/mol. The minimum Gasteiger partial charge on any atom is -0.369 e. The van der Waals surface area contributed by atoms with Crippen LogP contribution in [-0.4, -0.2) is 29.2 Å². The van der Waals surface area contributed by atoms with Crippen molar-refractivity contribution in [1.82, 2.24) is 10.2 Å². The monoisotopic (exact) mass is 314 g/mol. The van der Waals surface area contributed by atoms with E-state index in [0.717, 1.165) is 31.6 Å². The molecule has 120 valence electrons. The molecule has 1 aliphatic heterocycles. The highest BCUT2D eigenvalue weighted by molar-refractivity contribution is 6.04. The van der Waals surface area contributed by atoms with Crippen LogP contribution in [0.5, 0.6) is 0 Å². The summed E-state index contributed by atoms with van der Waals surface area (Å²) in [6.45, 7) is 1.75. The van der Waals surface area contributed by atoms with Gasteiger partial charge in [0, 0.05) is 36.3 Å². The Balaban J connectivity index is 1.47. The van der Waals surface area contributed by atoms with Crippen LogP contribution in [0.3, 0.4) is 0 Å². The highest BCUT2D eigenvalue weighted by Crippen LogP contribution is 2.39. The summed E-state index contributed by atoms with van der Waals surface area (Å²) in [6, 6.07) is 6.51. The van der Waals surface area contributed by atoms with Crippen LogP contribution in [0.2, 0.25) is 0 Å². The van der Waals surface area contributed by atoms with E-state index in [1.165, 1.54) is 18.9 Å². The van der Waals surface area contributed by atoms with Crippen molar-refractivity contribution in [2.75, 3.05) is 23.3 Å². The largest absolute Gasteiger partial charge is 0.369 e. The lowest BCUT2D eigenvalue weighted by Gasteiger charge is -2.18. The lowest BCUT2D eigenvalue weighted by atomic mass is 10.1. The Kier molecular flexibility index (Phi) is 3.52. The Bertz CT molecular complexity index is 732. The van der Waals surface area contributed by atoms with Gasteiger partial charge >= 0.3 is 0 Å². The van der Waals surface area contributed by atoms with Crippen LogP contribution in [0.1, 0.15) is 47.7 Å². The Labute approximate surface area is 133 Å². The molecule has 1 saturated carbocycles. The summed E-state index contributed by atoms with van der Waals surface area (Å²) < 4.78 is 14.3. The molecule has 1 aromatic heterocycles. The Morgan fingerprint density at radius 3 is 2.74 bits per heavy atom. The number of aromatic nitrogens is 2. The number of carbonyl (C=O) groups is 1. The molecule has 2 aromatic rings. The van der Waals surface area contributed by atoms with E-state index in [9.17, 15) is 9.18 Å². The zero-order valence-corrected chi connectivity index (χ0v) is 12.8. The van der Waals surface area contributed by atoms with Gasteiger partial charge in [0.25, 0.3) is 5.91 Å². The molecule has 0 spiro atoms. The number of hydrogen-bond donors (Lipinski definition) is 2. The summed E-state index contributed by atoms with van der Waals surface area (Å²) in [7, 11) is 0. The highest BCUT2D eigenvalue weighted by atomic mass is 19.1. The van der Waals surface area contributed by atoms with Crippen molar-refractivity contribution in [3.8, 4) is 0 Å². The number of amides is 1. The summed E-state index contributed by atoms with van der Waals surface area (Å²) in [5, 5.41) is 9.74. The number of halogens is 1. The van der Waals surface area contributed by atoms with Crippen LogP contribution < -0.4 is 10.2 Å². The second-order valence-corrected chi connectivity index (χ2v) is 6.30. The quantitative estimate of drug-likeness (QED) is 0.910. The summed E-state index contributed by atoms with van der Waals surface area (Å²) >= 11 is 0. The van der Waals surface area contributed by atoms with Crippen LogP contribution in [0.4, 0.5) is 15.9 Å².